The molecule has 0 bridgehead atoms. The second-order valence-corrected chi connectivity index (χ2v) is 10.8. The molecular formula is C26H37N3O3S. The standard InChI is InChI=1S/C26H37N3O3S/c1-7-12-28(25(31)27-26(4,5)6)16-24(30)29-13-10-23-20(11-14-33-23)21(29)17-32-22-9-8-18(2)15-19(22)3/h8-9,11,14-15,21H,7,10,12-13,16-17H2,1-6H3,(H,27,31)/t21-/m0/s1. The number of nitrogens with zero attached hydrogens (tertiary/aromatic N) is 2. The van der Waals surface area contributed by atoms with Gasteiger partial charge in [0, 0.05) is 23.5 Å². The number of rotatable bonds is 7. The number of amides is 3. The molecule has 0 saturated carbocycles. The lowest BCUT2D eigenvalue weighted by atomic mass is 10.00. The van der Waals surface area contributed by atoms with E-state index in [1.165, 1.54) is 10.4 Å². The second kappa shape index (κ2) is 10.6. The third kappa shape index (κ3) is 6.50. The topological polar surface area (TPSA) is 61.9 Å². The van der Waals surface area contributed by atoms with Gasteiger partial charge in [0.1, 0.15) is 18.9 Å². The van der Waals surface area contributed by atoms with Crippen LogP contribution in [0.15, 0.2) is 29.6 Å². The van der Waals surface area contributed by atoms with Crippen LogP contribution < -0.4 is 10.1 Å². The minimum atomic E-state index is -0.356. The van der Waals surface area contributed by atoms with E-state index in [-0.39, 0.29) is 30.1 Å². The van der Waals surface area contributed by atoms with Crippen molar-refractivity contribution in [2.75, 3.05) is 26.2 Å². The maximum absolute atomic E-state index is 13.5. The lowest BCUT2D eigenvalue weighted by Gasteiger charge is -2.37. The first-order valence-electron chi connectivity index (χ1n) is 11.7. The third-order valence-corrected chi connectivity index (χ3v) is 6.73. The van der Waals surface area contributed by atoms with E-state index in [1.807, 2.05) is 51.7 Å². The number of carbonyl (C=O) groups is 2. The van der Waals surface area contributed by atoms with E-state index in [9.17, 15) is 9.59 Å². The van der Waals surface area contributed by atoms with Gasteiger partial charge in [0.25, 0.3) is 0 Å². The van der Waals surface area contributed by atoms with Gasteiger partial charge < -0.3 is 19.9 Å². The van der Waals surface area contributed by atoms with Crippen molar-refractivity contribution in [3.63, 3.8) is 0 Å². The quantitative estimate of drug-likeness (QED) is 0.612. The predicted molar refractivity (Wildman–Crippen MR) is 134 cm³/mol. The maximum atomic E-state index is 13.5. The Kier molecular flexibility index (Phi) is 8.05. The van der Waals surface area contributed by atoms with Gasteiger partial charge in [-0.25, -0.2) is 4.79 Å². The summed E-state index contributed by atoms with van der Waals surface area (Å²) in [5.41, 5.74) is 3.08. The SMILES string of the molecule is CCCN(CC(=O)N1CCc2sccc2[C@@H]1COc1ccc(C)cc1C)C(=O)NC(C)(C)C. The minimum absolute atomic E-state index is 0.0430. The first-order chi connectivity index (χ1) is 15.6. The number of hydrogen-bond acceptors (Lipinski definition) is 4. The lowest BCUT2D eigenvalue weighted by molar-refractivity contribution is -0.135. The van der Waals surface area contributed by atoms with Crippen LogP contribution in [0.3, 0.4) is 0 Å². The predicted octanol–water partition coefficient (Wildman–Crippen LogP) is 5.09. The molecule has 0 radical (unpaired) electrons. The van der Waals surface area contributed by atoms with Crippen LogP contribution in [0, 0.1) is 13.8 Å². The van der Waals surface area contributed by atoms with Crippen LogP contribution in [-0.4, -0.2) is 53.5 Å². The average molecular weight is 472 g/mol. The highest BCUT2D eigenvalue weighted by Crippen LogP contribution is 2.34. The normalized spacial score (nSPS) is 15.7. The highest BCUT2D eigenvalue weighted by molar-refractivity contribution is 7.10. The van der Waals surface area contributed by atoms with Crippen molar-refractivity contribution in [3.8, 4) is 5.75 Å². The summed E-state index contributed by atoms with van der Waals surface area (Å²) in [7, 11) is 0. The van der Waals surface area contributed by atoms with Crippen LogP contribution in [0.1, 0.15) is 61.7 Å². The Balaban J connectivity index is 1.77. The van der Waals surface area contributed by atoms with Crippen molar-refractivity contribution in [3.05, 3.63) is 51.2 Å². The Labute approximate surface area is 201 Å². The lowest BCUT2D eigenvalue weighted by Crippen LogP contribution is -2.53. The van der Waals surface area contributed by atoms with Gasteiger partial charge in [-0.05, 0) is 76.1 Å². The van der Waals surface area contributed by atoms with Gasteiger partial charge in [-0.2, -0.15) is 0 Å². The smallest absolute Gasteiger partial charge is 0.318 e. The Morgan fingerprint density at radius 1 is 1.24 bits per heavy atom. The summed E-state index contributed by atoms with van der Waals surface area (Å²) in [6.07, 6.45) is 1.62. The van der Waals surface area contributed by atoms with Crippen LogP contribution in [-0.2, 0) is 11.2 Å². The minimum Gasteiger partial charge on any atom is -0.491 e. The number of thiophene rings is 1. The third-order valence-electron chi connectivity index (χ3n) is 5.73. The summed E-state index contributed by atoms with van der Waals surface area (Å²) in [6, 6.07) is 7.88. The molecule has 180 valence electrons. The summed E-state index contributed by atoms with van der Waals surface area (Å²) in [5, 5.41) is 5.07. The van der Waals surface area contributed by atoms with Gasteiger partial charge >= 0.3 is 6.03 Å². The summed E-state index contributed by atoms with van der Waals surface area (Å²) in [4.78, 5) is 31.1. The Hall–Kier alpha value is -2.54. The molecule has 0 saturated heterocycles. The van der Waals surface area contributed by atoms with Crippen LogP contribution in [0.5, 0.6) is 5.75 Å². The van der Waals surface area contributed by atoms with Crippen LogP contribution in [0.25, 0.3) is 0 Å². The number of carbonyl (C=O) groups excluding carboxylic acids is 2. The molecule has 3 rings (SSSR count). The molecule has 1 aliphatic rings. The van der Waals surface area contributed by atoms with Crippen molar-refractivity contribution < 1.29 is 14.3 Å². The van der Waals surface area contributed by atoms with Crippen molar-refractivity contribution in [2.45, 2.75) is 66.0 Å². The van der Waals surface area contributed by atoms with E-state index >= 15 is 0 Å². The van der Waals surface area contributed by atoms with Gasteiger partial charge in [-0.3, -0.25) is 4.79 Å². The van der Waals surface area contributed by atoms with Crippen LogP contribution in [0.2, 0.25) is 0 Å². The van der Waals surface area contributed by atoms with E-state index in [0.717, 1.165) is 29.7 Å². The average Bonchev–Trinajstić information content (AvgIpc) is 3.20. The highest BCUT2D eigenvalue weighted by Gasteiger charge is 2.33. The van der Waals surface area contributed by atoms with Crippen molar-refractivity contribution in [2.24, 2.45) is 0 Å². The van der Waals surface area contributed by atoms with Crippen LogP contribution >= 0.6 is 11.3 Å². The van der Waals surface area contributed by atoms with Crippen molar-refractivity contribution >= 4 is 23.3 Å². The molecule has 1 aromatic carbocycles. The summed E-state index contributed by atoms with van der Waals surface area (Å²) >= 11 is 1.73. The number of benzene rings is 1. The number of fused-ring (bicyclic) bond motifs is 1. The summed E-state index contributed by atoms with van der Waals surface area (Å²) < 4.78 is 6.22. The molecule has 33 heavy (non-hydrogen) atoms. The fourth-order valence-electron chi connectivity index (χ4n) is 4.18. The summed E-state index contributed by atoms with van der Waals surface area (Å²) in [6.45, 7) is 13.6. The van der Waals surface area contributed by atoms with E-state index in [1.54, 1.807) is 16.2 Å². The molecule has 0 fully saturated rings. The van der Waals surface area contributed by atoms with Crippen molar-refractivity contribution in [1.29, 1.82) is 0 Å². The van der Waals surface area contributed by atoms with Gasteiger partial charge in [0.15, 0.2) is 0 Å². The fourth-order valence-corrected chi connectivity index (χ4v) is 5.11. The molecule has 1 atom stereocenters. The second-order valence-electron chi connectivity index (χ2n) is 9.83. The number of aryl methyl sites for hydroxylation is 2. The highest BCUT2D eigenvalue weighted by atomic mass is 32.1. The van der Waals surface area contributed by atoms with Gasteiger partial charge in [0.05, 0.1) is 6.04 Å². The zero-order valence-corrected chi connectivity index (χ0v) is 21.6. The molecule has 1 aromatic heterocycles. The molecule has 2 heterocycles. The molecule has 0 spiro atoms. The molecular weight excluding hydrogens is 434 g/mol. The van der Waals surface area contributed by atoms with E-state index in [0.29, 0.717) is 19.7 Å². The molecule has 7 heteroatoms. The number of ether oxygens (including phenoxy) is 1. The van der Waals surface area contributed by atoms with E-state index in [2.05, 4.69) is 29.8 Å². The van der Waals surface area contributed by atoms with Gasteiger partial charge in [-0.1, -0.05) is 24.6 Å². The molecule has 1 aliphatic heterocycles. The van der Waals surface area contributed by atoms with Crippen molar-refractivity contribution in [1.82, 2.24) is 15.1 Å². The zero-order chi connectivity index (χ0) is 24.2. The zero-order valence-electron chi connectivity index (χ0n) is 20.7. The van der Waals surface area contributed by atoms with Crippen LogP contribution in [0.4, 0.5) is 4.79 Å². The molecule has 2 aromatic rings. The first kappa shape index (κ1) is 25.1. The number of hydrogen-bond donors (Lipinski definition) is 1. The molecule has 3 amide bonds. The molecule has 1 N–H and O–H groups in total. The van der Waals surface area contributed by atoms with E-state index in [4.69, 9.17) is 4.74 Å². The van der Waals surface area contributed by atoms with E-state index < -0.39 is 0 Å². The largest absolute Gasteiger partial charge is 0.491 e. The van der Waals surface area contributed by atoms with Gasteiger partial charge in [0.2, 0.25) is 5.91 Å². The fraction of sp³-hybridized carbons (Fsp3) is 0.538. The Morgan fingerprint density at radius 3 is 2.67 bits per heavy atom. The Bertz CT molecular complexity index is 979. The Morgan fingerprint density at radius 2 is 2.00 bits per heavy atom. The monoisotopic (exact) mass is 471 g/mol. The summed E-state index contributed by atoms with van der Waals surface area (Å²) in [5.74, 6) is 0.797. The number of urea groups is 1. The number of nitrogens with one attached hydrogen (secondary N) is 1. The van der Waals surface area contributed by atoms with Gasteiger partial charge in [-0.15, -0.1) is 11.3 Å². The molecule has 0 unspecified atom stereocenters. The first-order valence-corrected chi connectivity index (χ1v) is 12.6. The molecule has 6 nitrogen and oxygen atoms in total. The maximum Gasteiger partial charge on any atom is 0.318 e. The molecule has 0 aliphatic carbocycles.